The van der Waals surface area contributed by atoms with Crippen molar-refractivity contribution in [1.82, 2.24) is 19.9 Å². The fraction of sp³-hybridized carbons (Fsp3) is 0.523. The minimum Gasteiger partial charge on any atom is -0.462 e. The molecule has 1 aliphatic carbocycles. The molecular weight excluding hydrogens is 749 g/mol. The average Bonchev–Trinajstić information content (AvgIpc) is 3.88. The van der Waals surface area contributed by atoms with Gasteiger partial charge in [-0.05, 0) is 66.1 Å². The van der Waals surface area contributed by atoms with Crippen LogP contribution in [0, 0.1) is 34.4 Å². The number of ether oxygens (including phenoxy) is 2. The van der Waals surface area contributed by atoms with E-state index in [1.165, 1.54) is 25.3 Å². The Morgan fingerprint density at radius 3 is 2.58 bits per heavy atom. The third-order valence-electron chi connectivity index (χ3n) is 12.5. The highest BCUT2D eigenvalue weighted by molar-refractivity contribution is 6.90. The smallest absolute Gasteiger partial charge is 0.319 e. The molecule has 1 saturated carbocycles. The van der Waals surface area contributed by atoms with Gasteiger partial charge in [0.1, 0.15) is 43.7 Å². The van der Waals surface area contributed by atoms with Crippen molar-refractivity contribution in [2.45, 2.75) is 96.7 Å². The summed E-state index contributed by atoms with van der Waals surface area (Å²) in [7, 11) is -2.38. The Morgan fingerprint density at radius 1 is 1.16 bits per heavy atom. The molecule has 2 N–H and O–H groups in total. The van der Waals surface area contributed by atoms with Crippen LogP contribution >= 0.6 is 0 Å². The number of pyridine rings is 1. The van der Waals surface area contributed by atoms with E-state index in [1.807, 2.05) is 0 Å². The van der Waals surface area contributed by atoms with Crippen LogP contribution in [0.5, 0.6) is 6.01 Å². The van der Waals surface area contributed by atoms with E-state index in [9.17, 15) is 7.13 Å². The van der Waals surface area contributed by atoms with Gasteiger partial charge in [-0.3, -0.25) is 4.98 Å². The summed E-state index contributed by atoms with van der Waals surface area (Å²) in [6.07, 6.45) is 0.177. The third-order valence-corrected chi connectivity index (χ3v) is 18.7. The summed E-state index contributed by atoms with van der Waals surface area (Å²) >= 11 is 0. The summed E-state index contributed by atoms with van der Waals surface area (Å²) in [5, 5.41) is 0.832. The van der Waals surface area contributed by atoms with Crippen LogP contribution in [0.1, 0.15) is 74.2 Å². The number of alkyl halides is 1. The summed E-state index contributed by atoms with van der Waals surface area (Å²) < 4.78 is 118. The molecule has 2 aliphatic heterocycles. The molecule has 304 valence electrons. The van der Waals surface area contributed by atoms with Crippen molar-refractivity contribution >= 4 is 41.3 Å². The van der Waals surface area contributed by atoms with Gasteiger partial charge in [-0.25, -0.2) is 17.6 Å². The maximum Gasteiger partial charge on any atom is 0.319 e. The summed E-state index contributed by atoms with van der Waals surface area (Å²) in [5.41, 5.74) is 8.60. The Bertz CT molecular complexity index is 2480. The normalized spacial score (nSPS) is 26.8. The first kappa shape index (κ1) is 34.8. The lowest BCUT2D eigenvalue weighted by Crippen LogP contribution is -2.48. The maximum absolute atomic E-state index is 17.6. The highest BCUT2D eigenvalue weighted by Gasteiger charge is 2.56. The Kier molecular flexibility index (Phi) is 9.45. The van der Waals surface area contributed by atoms with E-state index in [-0.39, 0.29) is 99.3 Å². The van der Waals surface area contributed by atoms with Gasteiger partial charge in [0.2, 0.25) is 0 Å². The van der Waals surface area contributed by atoms with E-state index in [0.29, 0.717) is 5.39 Å². The molecule has 0 spiro atoms. The molecule has 8 nitrogen and oxygen atoms in total. The SMILES string of the molecule is [2H]C([2H])([2H])N1C[C@@](C)(C([2H])([2H])Oc2nc(N3CCOC[C@H]4[C@H](F)[C@H]43)c3cnc(-c4cc(N)cc5ccc(F)c(C#C[Si](C(C)C)(C(C)C)C(C)C)c45)c(F)c3n2)/C(=C/F)C[C@H]1C. The molecule has 13 heteroatoms. The van der Waals surface area contributed by atoms with E-state index in [4.69, 9.17) is 19.3 Å². The quantitative estimate of drug-likeness (QED) is 0.0816. The Labute approximate surface area is 341 Å². The summed E-state index contributed by atoms with van der Waals surface area (Å²) in [6.45, 7) is 10.3. The van der Waals surface area contributed by atoms with Crippen molar-refractivity contribution in [3.05, 3.63) is 59.6 Å². The zero-order valence-corrected chi connectivity index (χ0v) is 34.7. The average molecular weight is 808 g/mol. The number of halogens is 4. The molecule has 0 unspecified atom stereocenters. The molecular formula is C44H54F4N6O2Si. The third kappa shape index (κ3) is 7.16. The predicted molar refractivity (Wildman–Crippen MR) is 222 cm³/mol. The molecule has 4 aromatic rings. The topological polar surface area (TPSA) is 89.6 Å². The van der Waals surface area contributed by atoms with Crippen LogP contribution in [-0.2, 0) is 4.74 Å². The first-order valence-electron chi connectivity index (χ1n) is 22.1. The second-order valence-electron chi connectivity index (χ2n) is 17.0. The Hall–Kier alpha value is -4.25. The second-order valence-corrected chi connectivity index (χ2v) is 22.5. The number of benzene rings is 2. The number of hydrogen-bond donors (Lipinski definition) is 1. The van der Waals surface area contributed by atoms with Gasteiger partial charge >= 0.3 is 6.01 Å². The lowest BCUT2D eigenvalue weighted by molar-refractivity contribution is 0.0826. The van der Waals surface area contributed by atoms with Crippen molar-refractivity contribution in [2.24, 2.45) is 11.3 Å². The van der Waals surface area contributed by atoms with Gasteiger partial charge in [0.15, 0.2) is 5.82 Å². The fourth-order valence-electron chi connectivity index (χ4n) is 9.21. The first-order chi connectivity index (χ1) is 29.0. The lowest BCUT2D eigenvalue weighted by Gasteiger charge is -2.43. The molecule has 57 heavy (non-hydrogen) atoms. The number of rotatable bonds is 8. The molecule has 2 aromatic heterocycles. The van der Waals surface area contributed by atoms with Crippen LogP contribution < -0.4 is 15.4 Å². The molecule has 3 aliphatic rings. The predicted octanol–water partition coefficient (Wildman–Crippen LogP) is 9.41. The van der Waals surface area contributed by atoms with Gasteiger partial charge in [0.25, 0.3) is 0 Å². The van der Waals surface area contributed by atoms with Crippen LogP contribution in [0.4, 0.5) is 29.1 Å². The fourth-order valence-corrected chi connectivity index (χ4v) is 14.4. The minimum atomic E-state index is -2.88. The summed E-state index contributed by atoms with van der Waals surface area (Å²) in [6, 6.07) is 3.96. The molecule has 0 bridgehead atoms. The monoisotopic (exact) mass is 807 g/mol. The lowest BCUT2D eigenvalue weighted by atomic mass is 9.76. The first-order valence-corrected chi connectivity index (χ1v) is 21.9. The number of hydrogen-bond acceptors (Lipinski definition) is 8. The zero-order valence-electron chi connectivity index (χ0n) is 38.7. The van der Waals surface area contributed by atoms with Crippen molar-refractivity contribution in [3.8, 4) is 28.7 Å². The molecule has 4 heterocycles. The molecule has 2 saturated heterocycles. The number of nitrogens with zero attached hydrogens (tertiary/aromatic N) is 5. The van der Waals surface area contributed by atoms with Crippen molar-refractivity contribution in [3.63, 3.8) is 0 Å². The number of nitrogen functional groups attached to an aromatic ring is 1. The van der Waals surface area contributed by atoms with Crippen LogP contribution in [-0.4, -0.2) is 86.0 Å². The highest BCUT2D eigenvalue weighted by Crippen LogP contribution is 2.46. The van der Waals surface area contributed by atoms with Gasteiger partial charge in [-0.15, -0.1) is 5.54 Å². The number of likely N-dealkylation sites (tertiary alicyclic amines) is 1. The number of aromatic nitrogens is 3. The molecule has 2 aromatic carbocycles. The summed E-state index contributed by atoms with van der Waals surface area (Å²) in [5.74, 6) is 1.11. The van der Waals surface area contributed by atoms with Gasteiger partial charge in [-0.1, -0.05) is 60.5 Å². The molecule has 5 atom stereocenters. The molecule has 3 fully saturated rings. The van der Waals surface area contributed by atoms with E-state index >= 15 is 13.2 Å². The zero-order chi connectivity index (χ0) is 45.4. The number of anilines is 2. The van der Waals surface area contributed by atoms with Crippen molar-refractivity contribution in [2.75, 3.05) is 50.5 Å². The Morgan fingerprint density at radius 2 is 1.89 bits per heavy atom. The van der Waals surface area contributed by atoms with Crippen LogP contribution in [0.25, 0.3) is 32.9 Å². The maximum atomic E-state index is 17.6. The second kappa shape index (κ2) is 15.5. The van der Waals surface area contributed by atoms with Crippen LogP contribution in [0.2, 0.25) is 16.6 Å². The van der Waals surface area contributed by atoms with Gasteiger partial charge < -0.3 is 25.0 Å². The highest BCUT2D eigenvalue weighted by atomic mass is 28.3. The van der Waals surface area contributed by atoms with E-state index < -0.39 is 75.4 Å². The molecule has 7 rings (SSSR count). The van der Waals surface area contributed by atoms with Gasteiger partial charge in [0, 0.05) is 57.4 Å². The van der Waals surface area contributed by atoms with E-state index in [2.05, 4.69) is 68.0 Å². The number of piperidine rings is 1. The van der Waals surface area contributed by atoms with Crippen molar-refractivity contribution < 1.29 is 33.9 Å². The largest absolute Gasteiger partial charge is 0.462 e. The van der Waals surface area contributed by atoms with Crippen LogP contribution in [0.3, 0.4) is 0 Å². The minimum absolute atomic E-state index is 0.000386. The number of fused-ring (bicyclic) bond motifs is 3. The van der Waals surface area contributed by atoms with Gasteiger partial charge in [0.05, 0.1) is 39.3 Å². The molecule has 0 amide bonds. The van der Waals surface area contributed by atoms with Crippen molar-refractivity contribution in [1.29, 1.82) is 0 Å². The standard InChI is InChI=1S/C44H54F4N6O2Si/c1-24(2)57(25(3)4,26(5)6)15-12-31-35(46)11-10-28-17-30(49)18-32(36(28)31)39-38(48)40-33(20-50-39)42(54-13-14-55-21-34-37(47)41(34)54)52-43(51-40)56-23-44(8)22-53(9)27(7)16-29(44)19-45/h10-11,17-20,24-27,34,37,41H,13-14,16,21-23,49H2,1-9H3/b29-19+/t27-,34+,37+,41+,44+/m1/s1/i9D3,23D2. The summed E-state index contributed by atoms with van der Waals surface area (Å²) in [4.78, 5) is 16.2. The van der Waals surface area contributed by atoms with Gasteiger partial charge in [-0.2, -0.15) is 9.97 Å². The van der Waals surface area contributed by atoms with E-state index in [1.54, 1.807) is 24.0 Å². The van der Waals surface area contributed by atoms with Crippen LogP contribution in [0.15, 0.2) is 42.4 Å². The molecule has 0 radical (unpaired) electrons. The number of nitrogens with two attached hydrogens (primary N) is 1. The van der Waals surface area contributed by atoms with E-state index in [0.717, 1.165) is 4.90 Å². The Balaban J connectivity index is 1.45.